The Bertz CT molecular complexity index is 1060. The van der Waals surface area contributed by atoms with Gasteiger partial charge in [0, 0.05) is 26.2 Å². The van der Waals surface area contributed by atoms with Crippen LogP contribution in [-0.4, -0.2) is 86.0 Å². The lowest BCUT2D eigenvalue weighted by Crippen LogP contribution is -2.42. The molecule has 4 heterocycles. The van der Waals surface area contributed by atoms with Crippen LogP contribution in [-0.2, 0) is 28.7 Å². The van der Waals surface area contributed by atoms with Gasteiger partial charge in [0.25, 0.3) is 23.6 Å². The third-order valence-electron chi connectivity index (χ3n) is 6.03. The smallest absolute Gasteiger partial charge is 0.283 e. The topological polar surface area (TPSA) is 99.7 Å². The zero-order valence-electron chi connectivity index (χ0n) is 18.0. The van der Waals surface area contributed by atoms with E-state index >= 15 is 0 Å². The van der Waals surface area contributed by atoms with E-state index in [-0.39, 0.29) is 32.8 Å². The van der Waals surface area contributed by atoms with E-state index < -0.39 is 23.6 Å². The molecule has 0 N–H and O–H groups in total. The first-order chi connectivity index (χ1) is 16.4. The summed E-state index contributed by atoms with van der Waals surface area (Å²) in [5, 5.41) is -0.433. The monoisotopic (exact) mass is 506 g/mol. The van der Waals surface area contributed by atoms with Gasteiger partial charge in [-0.15, -0.1) is 0 Å². The molecule has 0 bridgehead atoms. The number of morpholine rings is 2. The molecule has 10 nitrogen and oxygen atoms in total. The van der Waals surface area contributed by atoms with Gasteiger partial charge in [0.1, 0.15) is 21.5 Å². The van der Waals surface area contributed by atoms with E-state index in [4.69, 9.17) is 32.7 Å². The second-order valence-electron chi connectivity index (χ2n) is 7.90. The number of hydrogen-bond acceptors (Lipinski definition) is 8. The molecule has 4 amide bonds. The van der Waals surface area contributed by atoms with Gasteiger partial charge in [-0.1, -0.05) is 35.3 Å². The van der Waals surface area contributed by atoms with Crippen molar-refractivity contribution in [3.05, 3.63) is 45.7 Å². The number of imide groups is 2. The van der Waals surface area contributed by atoms with Crippen LogP contribution in [0.15, 0.2) is 45.7 Å². The number of benzene rings is 1. The molecule has 178 valence electrons. The fourth-order valence-corrected chi connectivity index (χ4v) is 4.95. The van der Waals surface area contributed by atoms with Gasteiger partial charge in [-0.25, -0.2) is 9.80 Å². The van der Waals surface area contributed by atoms with Gasteiger partial charge in [0.2, 0.25) is 0 Å². The van der Waals surface area contributed by atoms with Gasteiger partial charge < -0.3 is 19.3 Å². The summed E-state index contributed by atoms with van der Waals surface area (Å²) in [6, 6.07) is 6.17. The number of amides is 4. The maximum atomic E-state index is 13.4. The summed E-state index contributed by atoms with van der Waals surface area (Å²) in [7, 11) is 0. The number of carbonyl (C=O) groups excluding carboxylic acids is 4. The Morgan fingerprint density at radius 1 is 0.588 bits per heavy atom. The molecule has 4 aliphatic rings. The maximum absolute atomic E-state index is 13.4. The Balaban J connectivity index is 1.49. The van der Waals surface area contributed by atoms with Crippen molar-refractivity contribution in [1.29, 1.82) is 0 Å². The summed E-state index contributed by atoms with van der Waals surface area (Å²) in [5.74, 6) is -2.72. The Morgan fingerprint density at radius 2 is 0.941 bits per heavy atom. The molecular formula is C22H20Cl2N4O6. The van der Waals surface area contributed by atoms with Crippen molar-refractivity contribution >= 4 is 58.2 Å². The number of hydrogen-bond donors (Lipinski definition) is 0. The average molecular weight is 507 g/mol. The summed E-state index contributed by atoms with van der Waals surface area (Å²) in [6.07, 6.45) is 0. The zero-order valence-corrected chi connectivity index (χ0v) is 19.5. The molecule has 5 rings (SSSR count). The Hall–Kier alpha value is -2.92. The predicted octanol–water partition coefficient (Wildman–Crippen LogP) is 0.998. The van der Waals surface area contributed by atoms with Crippen molar-refractivity contribution in [3.63, 3.8) is 0 Å². The van der Waals surface area contributed by atoms with Crippen LogP contribution < -0.4 is 9.80 Å². The second kappa shape index (κ2) is 9.03. The SMILES string of the molecule is O=C1C(Cl)=C(N2CCOCC2)C(=O)N1c1ccccc1N1C(=O)C(Cl)=C(N2CCOCC2)C1=O. The number of ether oxygens (including phenoxy) is 2. The Labute approximate surface area is 204 Å². The van der Waals surface area contributed by atoms with Crippen LogP contribution in [0.4, 0.5) is 11.4 Å². The third kappa shape index (κ3) is 3.58. The van der Waals surface area contributed by atoms with Crippen molar-refractivity contribution in [1.82, 2.24) is 9.80 Å². The number of anilines is 2. The maximum Gasteiger partial charge on any atom is 0.283 e. The van der Waals surface area contributed by atoms with E-state index in [1.165, 1.54) is 12.1 Å². The molecule has 2 fully saturated rings. The van der Waals surface area contributed by atoms with Gasteiger partial charge in [0.15, 0.2) is 0 Å². The summed E-state index contributed by atoms with van der Waals surface area (Å²) in [4.78, 5) is 58.1. The fraction of sp³-hybridized carbons (Fsp3) is 0.364. The van der Waals surface area contributed by atoms with Gasteiger partial charge in [-0.2, -0.15) is 0 Å². The van der Waals surface area contributed by atoms with Crippen LogP contribution in [0.25, 0.3) is 0 Å². The fourth-order valence-electron chi connectivity index (χ4n) is 4.38. The number of halogens is 2. The molecule has 0 aromatic heterocycles. The van der Waals surface area contributed by atoms with Crippen LogP contribution >= 0.6 is 23.2 Å². The van der Waals surface area contributed by atoms with Crippen LogP contribution in [0.1, 0.15) is 0 Å². The average Bonchev–Trinajstić information content (AvgIpc) is 3.22. The number of rotatable bonds is 4. The highest BCUT2D eigenvalue weighted by atomic mass is 35.5. The molecule has 0 saturated carbocycles. The first kappa shape index (κ1) is 22.9. The lowest BCUT2D eigenvalue weighted by atomic mass is 10.2. The lowest BCUT2D eigenvalue weighted by molar-refractivity contribution is -0.123. The van der Waals surface area contributed by atoms with E-state index in [1.54, 1.807) is 21.9 Å². The van der Waals surface area contributed by atoms with Crippen molar-refractivity contribution in [3.8, 4) is 0 Å². The van der Waals surface area contributed by atoms with Crippen LogP contribution in [0.5, 0.6) is 0 Å². The molecule has 4 aliphatic heterocycles. The quantitative estimate of drug-likeness (QED) is 0.557. The summed E-state index contributed by atoms with van der Waals surface area (Å²) < 4.78 is 10.6. The number of carbonyl (C=O) groups is 4. The molecule has 0 atom stereocenters. The first-order valence-electron chi connectivity index (χ1n) is 10.7. The lowest BCUT2D eigenvalue weighted by Gasteiger charge is -2.30. The van der Waals surface area contributed by atoms with Crippen molar-refractivity contribution < 1.29 is 28.7 Å². The number of para-hydroxylation sites is 2. The molecule has 0 unspecified atom stereocenters. The normalized spacial score (nSPS) is 22.2. The Kier molecular flexibility index (Phi) is 6.07. The minimum atomic E-state index is -0.729. The highest BCUT2D eigenvalue weighted by molar-refractivity contribution is 6.54. The van der Waals surface area contributed by atoms with Crippen molar-refractivity contribution in [2.24, 2.45) is 0 Å². The van der Waals surface area contributed by atoms with Gasteiger partial charge in [0.05, 0.1) is 37.8 Å². The van der Waals surface area contributed by atoms with E-state index in [2.05, 4.69) is 0 Å². The highest BCUT2D eigenvalue weighted by Gasteiger charge is 2.46. The molecule has 34 heavy (non-hydrogen) atoms. The Morgan fingerprint density at radius 3 is 1.29 bits per heavy atom. The van der Waals surface area contributed by atoms with Gasteiger partial charge >= 0.3 is 0 Å². The molecule has 0 radical (unpaired) electrons. The summed E-state index contributed by atoms with van der Waals surface area (Å²) >= 11 is 12.6. The second-order valence-corrected chi connectivity index (χ2v) is 8.66. The molecule has 1 aromatic carbocycles. The van der Waals surface area contributed by atoms with E-state index in [0.717, 1.165) is 9.80 Å². The molecule has 2 saturated heterocycles. The minimum Gasteiger partial charge on any atom is -0.378 e. The third-order valence-corrected chi connectivity index (χ3v) is 6.71. The number of nitrogens with zero attached hydrogens (tertiary/aromatic N) is 4. The molecule has 1 aromatic rings. The zero-order chi connectivity index (χ0) is 24.0. The van der Waals surface area contributed by atoms with Crippen LogP contribution in [0, 0.1) is 0 Å². The van der Waals surface area contributed by atoms with Crippen LogP contribution in [0.3, 0.4) is 0 Å². The standard InChI is InChI=1S/C22H20Cl2N4O6/c23-15-17(25-5-9-33-10-6-25)21(31)27(19(15)29)13-3-1-2-4-14(13)28-20(30)16(24)18(22(28)32)26-7-11-34-12-8-26/h1-4H,5-12H2. The van der Waals surface area contributed by atoms with Crippen molar-refractivity contribution in [2.75, 3.05) is 62.4 Å². The summed E-state index contributed by atoms with van der Waals surface area (Å²) in [6.45, 7) is 3.23. The molecule has 0 spiro atoms. The largest absolute Gasteiger partial charge is 0.378 e. The van der Waals surface area contributed by atoms with Gasteiger partial charge in [-0.05, 0) is 12.1 Å². The van der Waals surface area contributed by atoms with Crippen molar-refractivity contribution in [2.45, 2.75) is 0 Å². The predicted molar refractivity (Wildman–Crippen MR) is 122 cm³/mol. The van der Waals surface area contributed by atoms with E-state index in [1.807, 2.05) is 0 Å². The van der Waals surface area contributed by atoms with E-state index in [0.29, 0.717) is 52.6 Å². The molecular weight excluding hydrogens is 487 g/mol. The van der Waals surface area contributed by atoms with Crippen LogP contribution in [0.2, 0.25) is 0 Å². The summed E-state index contributed by atoms with van der Waals surface area (Å²) in [5.41, 5.74) is 0.282. The highest BCUT2D eigenvalue weighted by Crippen LogP contribution is 2.40. The van der Waals surface area contributed by atoms with E-state index in [9.17, 15) is 19.2 Å². The first-order valence-corrected chi connectivity index (χ1v) is 11.5. The molecule has 12 heteroatoms. The van der Waals surface area contributed by atoms with Gasteiger partial charge in [-0.3, -0.25) is 19.2 Å². The minimum absolute atomic E-state index is 0.0632. The molecule has 0 aliphatic carbocycles.